The maximum atomic E-state index is 5.74. The fraction of sp³-hybridized carbons (Fsp3) is 0.538. The van der Waals surface area contributed by atoms with E-state index in [1.54, 1.807) is 12.4 Å². The molecule has 0 saturated heterocycles. The van der Waals surface area contributed by atoms with Crippen molar-refractivity contribution in [3.63, 3.8) is 0 Å². The molecule has 2 rings (SSSR count). The Labute approximate surface area is 187 Å². The standard InChI is InChI=1S/C26H38N2O3/c1-3-5-7-8-10-19-30-24-15-13-23(14-16-24)26-27-21-25(22-28-26)31-20-12-11-18-29-17-9-6-4-2/h8,10,13-16,21-22H,3-7,9,11-12,17-20H2,1-2H3. The maximum Gasteiger partial charge on any atom is 0.159 e. The first-order valence-corrected chi connectivity index (χ1v) is 11.7. The van der Waals surface area contributed by atoms with E-state index in [1.165, 1.54) is 25.7 Å². The summed E-state index contributed by atoms with van der Waals surface area (Å²) < 4.78 is 17.1. The number of hydrogen-bond acceptors (Lipinski definition) is 5. The summed E-state index contributed by atoms with van der Waals surface area (Å²) in [5.41, 5.74) is 0.956. The lowest BCUT2D eigenvalue weighted by Gasteiger charge is -2.07. The summed E-state index contributed by atoms with van der Waals surface area (Å²) in [6, 6.07) is 7.86. The van der Waals surface area contributed by atoms with E-state index < -0.39 is 0 Å². The molecule has 0 fully saturated rings. The highest BCUT2D eigenvalue weighted by Crippen LogP contribution is 2.20. The summed E-state index contributed by atoms with van der Waals surface area (Å²) in [7, 11) is 0. The zero-order valence-electron chi connectivity index (χ0n) is 19.2. The van der Waals surface area contributed by atoms with Crippen molar-refractivity contribution < 1.29 is 14.2 Å². The van der Waals surface area contributed by atoms with Gasteiger partial charge in [0.25, 0.3) is 0 Å². The zero-order chi connectivity index (χ0) is 22.0. The van der Waals surface area contributed by atoms with Crippen LogP contribution in [0.25, 0.3) is 11.4 Å². The van der Waals surface area contributed by atoms with E-state index in [0.29, 0.717) is 24.8 Å². The minimum atomic E-state index is 0.594. The Morgan fingerprint density at radius 1 is 0.710 bits per heavy atom. The number of allylic oxidation sites excluding steroid dienone is 1. The van der Waals surface area contributed by atoms with Gasteiger partial charge in [-0.15, -0.1) is 0 Å². The summed E-state index contributed by atoms with van der Waals surface area (Å²) >= 11 is 0. The van der Waals surface area contributed by atoms with E-state index in [0.717, 1.165) is 50.2 Å². The quantitative estimate of drug-likeness (QED) is 0.210. The van der Waals surface area contributed by atoms with Gasteiger partial charge in [-0.05, 0) is 49.9 Å². The second-order valence-corrected chi connectivity index (χ2v) is 7.57. The third-order valence-corrected chi connectivity index (χ3v) is 4.82. The molecule has 0 unspecified atom stereocenters. The van der Waals surface area contributed by atoms with E-state index in [1.807, 2.05) is 24.3 Å². The van der Waals surface area contributed by atoms with Crippen molar-refractivity contribution in [2.45, 2.75) is 65.2 Å². The van der Waals surface area contributed by atoms with Crippen LogP contribution in [0.1, 0.15) is 65.2 Å². The Balaban J connectivity index is 1.65. The van der Waals surface area contributed by atoms with Gasteiger partial charge in [0.15, 0.2) is 11.6 Å². The van der Waals surface area contributed by atoms with Gasteiger partial charge >= 0.3 is 0 Å². The van der Waals surface area contributed by atoms with Crippen LogP contribution in [0.3, 0.4) is 0 Å². The molecule has 0 radical (unpaired) electrons. The molecule has 1 aromatic heterocycles. The third kappa shape index (κ3) is 11.0. The molecule has 0 aliphatic heterocycles. The van der Waals surface area contributed by atoms with Crippen LogP contribution in [-0.2, 0) is 4.74 Å². The normalized spacial score (nSPS) is 11.2. The number of benzene rings is 1. The zero-order valence-corrected chi connectivity index (χ0v) is 19.2. The minimum absolute atomic E-state index is 0.594. The molecule has 0 saturated carbocycles. The molecule has 0 aliphatic carbocycles. The molecule has 0 bridgehead atoms. The molecule has 0 atom stereocenters. The Bertz CT molecular complexity index is 714. The maximum absolute atomic E-state index is 5.74. The van der Waals surface area contributed by atoms with Crippen LogP contribution in [0.2, 0.25) is 0 Å². The molecule has 1 heterocycles. The van der Waals surface area contributed by atoms with Crippen LogP contribution >= 0.6 is 0 Å². The van der Waals surface area contributed by atoms with Crippen molar-refractivity contribution in [2.75, 3.05) is 26.4 Å². The van der Waals surface area contributed by atoms with Crippen molar-refractivity contribution in [1.29, 1.82) is 0 Å². The van der Waals surface area contributed by atoms with Gasteiger partial charge < -0.3 is 14.2 Å². The van der Waals surface area contributed by atoms with Gasteiger partial charge in [-0.2, -0.15) is 0 Å². The van der Waals surface area contributed by atoms with Crippen LogP contribution in [0.15, 0.2) is 48.8 Å². The van der Waals surface area contributed by atoms with Gasteiger partial charge in [0.2, 0.25) is 0 Å². The van der Waals surface area contributed by atoms with Gasteiger partial charge in [-0.25, -0.2) is 9.97 Å². The van der Waals surface area contributed by atoms with E-state index in [-0.39, 0.29) is 0 Å². The molecule has 1 aromatic carbocycles. The molecular formula is C26H38N2O3. The first-order chi connectivity index (χ1) is 15.3. The van der Waals surface area contributed by atoms with Crippen molar-refractivity contribution in [3.8, 4) is 22.9 Å². The van der Waals surface area contributed by atoms with E-state index in [4.69, 9.17) is 14.2 Å². The molecule has 170 valence electrons. The molecule has 0 N–H and O–H groups in total. The average Bonchev–Trinajstić information content (AvgIpc) is 2.81. The summed E-state index contributed by atoms with van der Waals surface area (Å²) in [6.45, 7) is 7.32. The lowest BCUT2D eigenvalue weighted by Crippen LogP contribution is -2.02. The van der Waals surface area contributed by atoms with Gasteiger partial charge in [0.05, 0.1) is 19.0 Å². The highest BCUT2D eigenvalue weighted by molar-refractivity contribution is 5.56. The number of aromatic nitrogens is 2. The Hall–Kier alpha value is -2.40. The monoisotopic (exact) mass is 426 g/mol. The smallest absolute Gasteiger partial charge is 0.159 e. The topological polar surface area (TPSA) is 53.5 Å². The second kappa shape index (κ2) is 16.3. The molecule has 2 aromatic rings. The van der Waals surface area contributed by atoms with Crippen LogP contribution in [0, 0.1) is 0 Å². The SMILES string of the molecule is CCCCC=CCOc1ccc(-c2ncc(OCCCCOCCCCC)cn2)cc1. The summed E-state index contributed by atoms with van der Waals surface area (Å²) in [4.78, 5) is 8.85. The molecule has 5 nitrogen and oxygen atoms in total. The number of rotatable bonds is 17. The number of ether oxygens (including phenoxy) is 3. The molecule has 0 amide bonds. The number of nitrogens with zero attached hydrogens (tertiary/aromatic N) is 2. The third-order valence-electron chi connectivity index (χ3n) is 4.82. The van der Waals surface area contributed by atoms with Crippen molar-refractivity contribution in [2.24, 2.45) is 0 Å². The van der Waals surface area contributed by atoms with E-state index in [9.17, 15) is 0 Å². The van der Waals surface area contributed by atoms with E-state index >= 15 is 0 Å². The molecule has 0 spiro atoms. The first-order valence-electron chi connectivity index (χ1n) is 11.7. The highest BCUT2D eigenvalue weighted by atomic mass is 16.5. The minimum Gasteiger partial charge on any atom is -0.490 e. The fourth-order valence-corrected chi connectivity index (χ4v) is 2.94. The summed E-state index contributed by atoms with van der Waals surface area (Å²) in [6.07, 6.45) is 16.9. The highest BCUT2D eigenvalue weighted by Gasteiger charge is 2.03. The van der Waals surface area contributed by atoms with Crippen molar-refractivity contribution in [1.82, 2.24) is 9.97 Å². The predicted octanol–water partition coefficient (Wildman–Crippen LogP) is 6.63. The van der Waals surface area contributed by atoms with Gasteiger partial charge in [0, 0.05) is 18.8 Å². The van der Waals surface area contributed by atoms with Gasteiger partial charge in [0.1, 0.15) is 12.4 Å². The molecule has 0 aliphatic rings. The molecule has 5 heteroatoms. The summed E-state index contributed by atoms with van der Waals surface area (Å²) in [5, 5.41) is 0. The second-order valence-electron chi connectivity index (χ2n) is 7.57. The summed E-state index contributed by atoms with van der Waals surface area (Å²) in [5.74, 6) is 2.22. The van der Waals surface area contributed by atoms with E-state index in [2.05, 4.69) is 36.0 Å². The van der Waals surface area contributed by atoms with Crippen LogP contribution in [0.5, 0.6) is 11.5 Å². The van der Waals surface area contributed by atoms with Crippen LogP contribution in [-0.4, -0.2) is 36.4 Å². The Kier molecular flexibility index (Phi) is 13.1. The van der Waals surface area contributed by atoms with Crippen molar-refractivity contribution in [3.05, 3.63) is 48.8 Å². The lowest BCUT2D eigenvalue weighted by molar-refractivity contribution is 0.122. The van der Waals surface area contributed by atoms with Gasteiger partial charge in [-0.1, -0.05) is 51.7 Å². The average molecular weight is 427 g/mol. The van der Waals surface area contributed by atoms with Crippen molar-refractivity contribution >= 4 is 0 Å². The van der Waals surface area contributed by atoms with Gasteiger partial charge in [-0.3, -0.25) is 0 Å². The van der Waals surface area contributed by atoms with Crippen LogP contribution in [0.4, 0.5) is 0 Å². The number of unbranched alkanes of at least 4 members (excludes halogenated alkanes) is 5. The largest absolute Gasteiger partial charge is 0.490 e. The Morgan fingerprint density at radius 3 is 2.10 bits per heavy atom. The Morgan fingerprint density at radius 2 is 1.39 bits per heavy atom. The molecular weight excluding hydrogens is 388 g/mol. The fourth-order valence-electron chi connectivity index (χ4n) is 2.94. The molecule has 31 heavy (non-hydrogen) atoms. The predicted molar refractivity (Wildman–Crippen MR) is 127 cm³/mol. The first kappa shape index (κ1) is 24.9. The number of hydrogen-bond donors (Lipinski definition) is 0. The lowest BCUT2D eigenvalue weighted by atomic mass is 10.2. The van der Waals surface area contributed by atoms with Crippen LogP contribution < -0.4 is 9.47 Å².